The quantitative estimate of drug-likeness (QED) is 0.874. The molecule has 0 spiro atoms. The first-order valence-corrected chi connectivity index (χ1v) is 11.0. The number of amides is 1. The van der Waals surface area contributed by atoms with E-state index >= 15 is 0 Å². The largest absolute Gasteiger partial charge is 0.387 e. The molecule has 0 bridgehead atoms. The van der Waals surface area contributed by atoms with Crippen LogP contribution in [0.15, 0.2) is 18.2 Å². The molecule has 148 valence electrons. The summed E-state index contributed by atoms with van der Waals surface area (Å²) < 4.78 is 0. The summed E-state index contributed by atoms with van der Waals surface area (Å²) in [6.07, 6.45) is 8.61. The Morgan fingerprint density at radius 3 is 2.74 bits per heavy atom. The molecule has 1 aliphatic carbocycles. The summed E-state index contributed by atoms with van der Waals surface area (Å²) in [6, 6.07) is 6.28. The maximum atomic E-state index is 12.9. The van der Waals surface area contributed by atoms with Gasteiger partial charge >= 0.3 is 0 Å². The number of carbonyl (C=O) groups is 1. The highest BCUT2D eigenvalue weighted by molar-refractivity contribution is 5.96. The van der Waals surface area contributed by atoms with Crippen LogP contribution in [-0.4, -0.2) is 42.1 Å². The molecule has 4 heteroatoms. The second-order valence-electron chi connectivity index (χ2n) is 8.99. The van der Waals surface area contributed by atoms with E-state index in [2.05, 4.69) is 24.0 Å². The minimum atomic E-state index is -0.443. The van der Waals surface area contributed by atoms with E-state index in [4.69, 9.17) is 0 Å². The maximum Gasteiger partial charge on any atom is 0.230 e. The molecule has 3 aliphatic rings. The minimum Gasteiger partial charge on any atom is -0.387 e. The Morgan fingerprint density at radius 2 is 1.96 bits per heavy atom. The summed E-state index contributed by atoms with van der Waals surface area (Å²) in [7, 11) is 0. The second-order valence-corrected chi connectivity index (χ2v) is 8.99. The Morgan fingerprint density at radius 1 is 1.15 bits per heavy atom. The SMILES string of the molecule is C[C@@H]1CCCN(C[C@@H](O)c2ccc3c(c2)CCCN3C(=O)C2CCCC2)C1. The Balaban J connectivity index is 1.46. The van der Waals surface area contributed by atoms with Crippen LogP contribution in [-0.2, 0) is 11.2 Å². The summed E-state index contributed by atoms with van der Waals surface area (Å²) in [6.45, 7) is 6.04. The van der Waals surface area contributed by atoms with E-state index < -0.39 is 6.10 Å². The van der Waals surface area contributed by atoms with Crippen molar-refractivity contribution in [2.75, 3.05) is 31.1 Å². The van der Waals surface area contributed by atoms with Crippen LogP contribution >= 0.6 is 0 Å². The van der Waals surface area contributed by atoms with E-state index in [0.29, 0.717) is 12.5 Å². The first kappa shape index (κ1) is 18.9. The molecule has 1 aromatic rings. The zero-order valence-electron chi connectivity index (χ0n) is 16.7. The van der Waals surface area contributed by atoms with Crippen LogP contribution in [0.5, 0.6) is 0 Å². The molecule has 2 fully saturated rings. The van der Waals surface area contributed by atoms with E-state index in [-0.39, 0.29) is 5.92 Å². The van der Waals surface area contributed by atoms with Crippen molar-refractivity contribution in [2.45, 2.75) is 64.4 Å². The number of hydrogen-bond acceptors (Lipinski definition) is 3. The molecule has 0 unspecified atom stereocenters. The number of nitrogens with zero attached hydrogens (tertiary/aromatic N) is 2. The van der Waals surface area contributed by atoms with Crippen molar-refractivity contribution in [1.29, 1.82) is 0 Å². The minimum absolute atomic E-state index is 0.224. The average molecular weight is 371 g/mol. The predicted octanol–water partition coefficient (Wildman–Crippen LogP) is 3.92. The fourth-order valence-electron chi connectivity index (χ4n) is 5.25. The highest BCUT2D eigenvalue weighted by Crippen LogP contribution is 2.34. The van der Waals surface area contributed by atoms with Gasteiger partial charge in [-0.15, -0.1) is 0 Å². The topological polar surface area (TPSA) is 43.8 Å². The van der Waals surface area contributed by atoms with Crippen LogP contribution in [0.2, 0.25) is 0 Å². The van der Waals surface area contributed by atoms with Crippen LogP contribution in [0.4, 0.5) is 5.69 Å². The summed E-state index contributed by atoms with van der Waals surface area (Å²) in [5.41, 5.74) is 3.32. The Labute approximate surface area is 163 Å². The van der Waals surface area contributed by atoms with Crippen LogP contribution in [0.25, 0.3) is 0 Å². The number of aryl methyl sites for hydroxylation is 1. The van der Waals surface area contributed by atoms with E-state index in [1.54, 1.807) is 0 Å². The second kappa shape index (κ2) is 8.32. The van der Waals surface area contributed by atoms with Gasteiger partial charge in [0.05, 0.1) is 6.10 Å². The van der Waals surface area contributed by atoms with Crippen LogP contribution in [0, 0.1) is 11.8 Å². The van der Waals surface area contributed by atoms with Crippen molar-refractivity contribution in [3.63, 3.8) is 0 Å². The third-order valence-corrected chi connectivity index (χ3v) is 6.75. The van der Waals surface area contributed by atoms with Crippen molar-refractivity contribution in [1.82, 2.24) is 4.90 Å². The Kier molecular flexibility index (Phi) is 5.84. The van der Waals surface area contributed by atoms with Gasteiger partial charge in [-0.3, -0.25) is 4.79 Å². The molecule has 1 N–H and O–H groups in total. The van der Waals surface area contributed by atoms with E-state index in [9.17, 15) is 9.90 Å². The summed E-state index contributed by atoms with van der Waals surface area (Å²) in [4.78, 5) is 17.4. The molecular weight excluding hydrogens is 336 g/mol. The van der Waals surface area contributed by atoms with Crippen LogP contribution in [0.1, 0.15) is 69.1 Å². The number of rotatable bonds is 4. The third-order valence-electron chi connectivity index (χ3n) is 6.75. The first-order chi connectivity index (χ1) is 13.1. The van der Waals surface area contributed by atoms with Gasteiger partial charge < -0.3 is 14.9 Å². The number of β-amino-alcohol motifs (C(OH)–C–C–N with tert-alkyl or cyclic N) is 1. The molecule has 1 saturated heterocycles. The van der Waals surface area contributed by atoms with Gasteiger partial charge in [-0.05, 0) is 68.2 Å². The number of hydrogen-bond donors (Lipinski definition) is 1. The van der Waals surface area contributed by atoms with Gasteiger partial charge in [-0.25, -0.2) is 0 Å². The van der Waals surface area contributed by atoms with E-state index in [0.717, 1.165) is 62.5 Å². The van der Waals surface area contributed by atoms with Gasteiger partial charge in [-0.1, -0.05) is 31.9 Å². The number of anilines is 1. The molecule has 2 aliphatic heterocycles. The van der Waals surface area contributed by atoms with Gasteiger partial charge in [0.15, 0.2) is 0 Å². The number of carbonyl (C=O) groups excluding carboxylic acids is 1. The maximum absolute atomic E-state index is 12.9. The molecule has 0 radical (unpaired) electrons. The molecular formula is C23H34N2O2. The molecule has 1 amide bonds. The molecule has 2 atom stereocenters. The summed E-state index contributed by atoms with van der Waals surface area (Å²) in [5.74, 6) is 1.27. The highest BCUT2D eigenvalue weighted by atomic mass is 16.3. The molecule has 4 rings (SSSR count). The number of aliphatic hydroxyl groups excluding tert-OH is 1. The smallest absolute Gasteiger partial charge is 0.230 e. The Bertz CT molecular complexity index is 668. The van der Waals surface area contributed by atoms with Crippen molar-refractivity contribution in [3.05, 3.63) is 29.3 Å². The lowest BCUT2D eigenvalue weighted by Gasteiger charge is -2.34. The van der Waals surface area contributed by atoms with Crippen molar-refractivity contribution >= 4 is 11.6 Å². The van der Waals surface area contributed by atoms with E-state index in [1.807, 2.05) is 11.0 Å². The monoisotopic (exact) mass is 370 g/mol. The zero-order chi connectivity index (χ0) is 18.8. The fraction of sp³-hybridized carbons (Fsp3) is 0.696. The highest BCUT2D eigenvalue weighted by Gasteiger charge is 2.31. The molecule has 1 aromatic carbocycles. The standard InChI is InChI=1S/C23H34N2O2/c1-17-6-4-12-24(15-17)16-22(26)20-10-11-21-19(14-20)9-5-13-25(21)23(27)18-7-2-3-8-18/h10-11,14,17-18,22,26H,2-9,12-13,15-16H2,1H3/t17-,22-/m1/s1. The van der Waals surface area contributed by atoms with Gasteiger partial charge in [-0.2, -0.15) is 0 Å². The number of likely N-dealkylation sites (tertiary alicyclic amines) is 1. The first-order valence-electron chi connectivity index (χ1n) is 11.0. The number of benzene rings is 1. The summed E-state index contributed by atoms with van der Waals surface area (Å²) in [5, 5.41) is 10.8. The van der Waals surface area contributed by atoms with E-state index in [1.165, 1.54) is 31.2 Å². The van der Waals surface area contributed by atoms with Gasteiger partial charge in [0, 0.05) is 31.2 Å². The van der Waals surface area contributed by atoms with Gasteiger partial charge in [0.25, 0.3) is 0 Å². The number of aliphatic hydroxyl groups is 1. The number of piperidine rings is 1. The normalized spacial score (nSPS) is 25.4. The van der Waals surface area contributed by atoms with Gasteiger partial charge in [0.1, 0.15) is 0 Å². The fourth-order valence-corrected chi connectivity index (χ4v) is 5.25. The predicted molar refractivity (Wildman–Crippen MR) is 109 cm³/mol. The van der Waals surface area contributed by atoms with Crippen molar-refractivity contribution in [2.24, 2.45) is 11.8 Å². The van der Waals surface area contributed by atoms with Crippen molar-refractivity contribution in [3.8, 4) is 0 Å². The summed E-state index contributed by atoms with van der Waals surface area (Å²) >= 11 is 0. The molecule has 1 saturated carbocycles. The molecule has 27 heavy (non-hydrogen) atoms. The average Bonchev–Trinajstić information content (AvgIpc) is 3.21. The third kappa shape index (κ3) is 4.22. The van der Waals surface area contributed by atoms with Crippen LogP contribution < -0.4 is 4.90 Å². The van der Waals surface area contributed by atoms with Crippen LogP contribution in [0.3, 0.4) is 0 Å². The molecule has 4 nitrogen and oxygen atoms in total. The number of fused-ring (bicyclic) bond motifs is 1. The molecule has 0 aromatic heterocycles. The van der Waals surface area contributed by atoms with Gasteiger partial charge in [0.2, 0.25) is 5.91 Å². The lowest BCUT2D eigenvalue weighted by Crippen LogP contribution is -2.39. The lowest BCUT2D eigenvalue weighted by atomic mass is 9.95. The molecule has 2 heterocycles. The zero-order valence-corrected chi connectivity index (χ0v) is 16.7. The lowest BCUT2D eigenvalue weighted by molar-refractivity contribution is -0.122. The van der Waals surface area contributed by atoms with Crippen molar-refractivity contribution < 1.29 is 9.90 Å². The Hall–Kier alpha value is -1.39.